The average molecular weight is 789 g/mol. The normalized spacial score (nSPS) is 12.2. The lowest BCUT2D eigenvalue weighted by Gasteiger charge is -2.36. The molecule has 8 nitrogen and oxygen atoms in total. The van der Waals surface area contributed by atoms with Gasteiger partial charge in [-0.15, -0.1) is 0 Å². The highest BCUT2D eigenvalue weighted by Crippen LogP contribution is 2.50. The maximum atomic E-state index is 6.04. The largest absolute Gasteiger partial charge is 0.457 e. The van der Waals surface area contributed by atoms with Gasteiger partial charge < -0.3 is 38.5 Å². The number of fused-ring (bicyclic) bond motifs is 4. The number of benzene rings is 8. The molecule has 2 heterocycles. The number of hydrogen-bond acceptors (Lipinski definition) is 8. The second kappa shape index (κ2) is 16.6. The van der Waals surface area contributed by atoms with Crippen molar-refractivity contribution in [2.45, 2.75) is 0 Å². The Morgan fingerprint density at radius 2 is 0.417 bits per heavy atom. The molecule has 0 aliphatic carbocycles. The van der Waals surface area contributed by atoms with Crippen LogP contribution >= 0.6 is 0 Å². The quantitative estimate of drug-likeness (QED) is 0.151. The topological polar surface area (TPSA) is 49.9 Å². The van der Waals surface area contributed by atoms with Gasteiger partial charge in [-0.1, -0.05) is 72.8 Å². The zero-order chi connectivity index (χ0) is 41.0. The molecule has 0 radical (unpaired) electrons. The van der Waals surface area contributed by atoms with Crippen molar-refractivity contribution in [2.75, 3.05) is 47.8 Å². The Morgan fingerprint density at radius 3 is 0.617 bits per heavy atom. The van der Waals surface area contributed by atoms with Crippen molar-refractivity contribution in [1.82, 2.24) is 0 Å². The Kier molecular flexibility index (Phi) is 10.4. The van der Waals surface area contributed by atoms with Crippen molar-refractivity contribution >= 4 is 45.5 Å². The van der Waals surface area contributed by atoms with Crippen LogP contribution < -0.4 is 38.5 Å². The lowest BCUT2D eigenvalue weighted by molar-refractivity contribution is 0.482. The van der Waals surface area contributed by atoms with Crippen molar-refractivity contribution in [1.29, 1.82) is 0 Å². The monoisotopic (exact) mass is 788 g/mol. The molecular formula is C52H44N4O4. The molecule has 10 rings (SSSR count). The molecule has 0 atom stereocenters. The van der Waals surface area contributed by atoms with Crippen molar-refractivity contribution in [2.24, 2.45) is 0 Å². The number of anilines is 8. The van der Waals surface area contributed by atoms with Crippen molar-refractivity contribution < 1.29 is 18.9 Å². The lowest BCUT2D eigenvalue weighted by atomic mass is 10.1. The molecule has 0 fully saturated rings. The third-order valence-corrected chi connectivity index (χ3v) is 10.6. The molecule has 0 amide bonds. The summed E-state index contributed by atoms with van der Waals surface area (Å²) >= 11 is 0. The summed E-state index contributed by atoms with van der Waals surface area (Å²) in [5, 5.41) is 0. The van der Waals surface area contributed by atoms with Gasteiger partial charge in [0.2, 0.25) is 0 Å². The minimum Gasteiger partial charge on any atom is -0.457 e. The van der Waals surface area contributed by atoms with Crippen LogP contribution in [0.2, 0.25) is 0 Å². The molecule has 8 heteroatoms. The number of nitrogens with zero attached hydrogens (tertiary/aromatic N) is 4. The zero-order valence-corrected chi connectivity index (χ0v) is 33.9. The molecule has 0 unspecified atom stereocenters. The van der Waals surface area contributed by atoms with E-state index < -0.39 is 0 Å². The fraction of sp³-hybridized carbons (Fsp3) is 0.0769. The van der Waals surface area contributed by atoms with E-state index in [0.29, 0.717) is 0 Å². The zero-order valence-electron chi connectivity index (χ0n) is 33.9. The minimum absolute atomic E-state index is 0.813. The Balaban J connectivity index is 0.000000154. The van der Waals surface area contributed by atoms with Crippen LogP contribution in [0.4, 0.5) is 45.5 Å². The first-order chi connectivity index (χ1) is 29.4. The van der Waals surface area contributed by atoms with E-state index in [9.17, 15) is 0 Å². The highest BCUT2D eigenvalue weighted by Gasteiger charge is 2.27. The number of hydrogen-bond donors (Lipinski definition) is 0. The summed E-state index contributed by atoms with van der Waals surface area (Å²) in [6.45, 7) is 0. The van der Waals surface area contributed by atoms with E-state index in [0.717, 1.165) is 91.5 Å². The number of rotatable bonds is 8. The Bertz CT molecular complexity index is 2350. The van der Waals surface area contributed by atoms with Crippen LogP contribution in [-0.2, 0) is 0 Å². The average Bonchev–Trinajstić information content (AvgIpc) is 3.29. The first-order valence-corrected chi connectivity index (χ1v) is 19.8. The summed E-state index contributed by atoms with van der Waals surface area (Å²) in [4.78, 5) is 8.76. The Hall–Kier alpha value is -7.84. The maximum absolute atomic E-state index is 6.04. The molecule has 2 aliphatic heterocycles. The van der Waals surface area contributed by atoms with Gasteiger partial charge >= 0.3 is 0 Å². The first-order valence-electron chi connectivity index (χ1n) is 19.8. The van der Waals surface area contributed by atoms with Gasteiger partial charge in [0.05, 0.1) is 45.5 Å². The first kappa shape index (κ1) is 37.7. The molecule has 296 valence electrons. The van der Waals surface area contributed by atoms with Crippen molar-refractivity contribution in [3.63, 3.8) is 0 Å². The van der Waals surface area contributed by atoms with Gasteiger partial charge in [0, 0.05) is 52.5 Å². The predicted octanol–water partition coefficient (Wildman–Crippen LogP) is 14.2. The van der Waals surface area contributed by atoms with Crippen LogP contribution in [-0.4, -0.2) is 28.2 Å². The van der Waals surface area contributed by atoms with E-state index in [1.807, 2.05) is 146 Å². The van der Waals surface area contributed by atoms with Gasteiger partial charge in [0.1, 0.15) is 46.0 Å². The molecule has 0 N–H and O–H groups in total. The van der Waals surface area contributed by atoms with Crippen LogP contribution in [0.1, 0.15) is 0 Å². The molecule has 60 heavy (non-hydrogen) atoms. The van der Waals surface area contributed by atoms with E-state index in [2.05, 4.69) is 96.3 Å². The lowest BCUT2D eigenvalue weighted by Crippen LogP contribution is -2.24. The molecular weight excluding hydrogens is 745 g/mol. The summed E-state index contributed by atoms with van der Waals surface area (Å²) in [6, 6.07) is 64.1. The van der Waals surface area contributed by atoms with Crippen LogP contribution in [0.15, 0.2) is 194 Å². The van der Waals surface area contributed by atoms with E-state index in [4.69, 9.17) is 18.9 Å². The molecule has 0 saturated carbocycles. The standard InChI is InChI=1S/2C26H22N2O2/c2*1-27-23-15-13-22(30-20-11-7-4-8-12-20)18-26(23)28(2)24-16-14-21(17-25(24)27)29-19-9-5-3-6-10-19/h2*3-18H,1-2H3. The second-order valence-electron chi connectivity index (χ2n) is 14.5. The fourth-order valence-corrected chi connectivity index (χ4v) is 7.49. The summed E-state index contributed by atoms with van der Waals surface area (Å²) < 4.78 is 24.1. The molecule has 8 aromatic carbocycles. The fourth-order valence-electron chi connectivity index (χ4n) is 7.49. The second-order valence-corrected chi connectivity index (χ2v) is 14.5. The summed E-state index contributed by atoms with van der Waals surface area (Å²) in [5.41, 5.74) is 8.82. The van der Waals surface area contributed by atoms with Gasteiger partial charge in [-0.25, -0.2) is 0 Å². The highest BCUT2D eigenvalue weighted by atomic mass is 16.5. The van der Waals surface area contributed by atoms with Gasteiger partial charge in [0.25, 0.3) is 0 Å². The van der Waals surface area contributed by atoms with Crippen molar-refractivity contribution in [3.8, 4) is 46.0 Å². The van der Waals surface area contributed by atoms with Gasteiger partial charge in [-0.2, -0.15) is 0 Å². The molecule has 0 aromatic heterocycles. The Labute approximate surface area is 351 Å². The number of para-hydroxylation sites is 4. The number of ether oxygens (including phenoxy) is 4. The summed E-state index contributed by atoms with van der Waals surface area (Å²) in [7, 11) is 8.31. The minimum atomic E-state index is 0.813. The van der Waals surface area contributed by atoms with Gasteiger partial charge in [-0.3, -0.25) is 0 Å². The Morgan fingerprint density at radius 1 is 0.217 bits per heavy atom. The third kappa shape index (κ3) is 7.86. The van der Waals surface area contributed by atoms with Crippen molar-refractivity contribution in [3.05, 3.63) is 194 Å². The van der Waals surface area contributed by atoms with Crippen LogP contribution in [0.5, 0.6) is 46.0 Å². The predicted molar refractivity (Wildman–Crippen MR) is 244 cm³/mol. The molecule has 0 saturated heterocycles. The van der Waals surface area contributed by atoms with E-state index >= 15 is 0 Å². The molecule has 2 aliphatic rings. The van der Waals surface area contributed by atoms with Crippen LogP contribution in [0, 0.1) is 0 Å². The molecule has 0 spiro atoms. The summed E-state index contributed by atoms with van der Waals surface area (Å²) in [5.74, 6) is 6.56. The molecule has 0 bridgehead atoms. The van der Waals surface area contributed by atoms with Gasteiger partial charge in [0.15, 0.2) is 0 Å². The van der Waals surface area contributed by atoms with E-state index in [1.54, 1.807) is 0 Å². The van der Waals surface area contributed by atoms with E-state index in [-0.39, 0.29) is 0 Å². The smallest absolute Gasteiger partial charge is 0.129 e. The van der Waals surface area contributed by atoms with Crippen LogP contribution in [0.3, 0.4) is 0 Å². The highest BCUT2D eigenvalue weighted by molar-refractivity contribution is 5.95. The SMILES string of the molecule is CN1c2ccc(Oc3ccccc3)cc2N(C)c2ccc(Oc3ccccc3)cc21.CN1c2ccc(Oc3ccccc3)cc2N(C)c2ccc(Oc3ccccc3)cc21. The third-order valence-electron chi connectivity index (χ3n) is 10.6. The van der Waals surface area contributed by atoms with Crippen LogP contribution in [0.25, 0.3) is 0 Å². The summed E-state index contributed by atoms with van der Waals surface area (Å²) in [6.07, 6.45) is 0. The molecule has 8 aromatic rings. The van der Waals surface area contributed by atoms with Gasteiger partial charge in [-0.05, 0) is 97.1 Å². The van der Waals surface area contributed by atoms with E-state index in [1.165, 1.54) is 0 Å². The maximum Gasteiger partial charge on any atom is 0.129 e.